The zero-order chi connectivity index (χ0) is 11.6. The summed E-state index contributed by atoms with van der Waals surface area (Å²) in [7, 11) is 1.84. The van der Waals surface area contributed by atoms with Crippen molar-refractivity contribution in [1.82, 2.24) is 4.90 Å². The van der Waals surface area contributed by atoms with Crippen molar-refractivity contribution in [2.75, 3.05) is 7.05 Å². The van der Waals surface area contributed by atoms with Crippen molar-refractivity contribution in [2.24, 2.45) is 5.73 Å². The Balaban J connectivity index is 4.41. The van der Waals surface area contributed by atoms with Crippen molar-refractivity contribution in [3.05, 3.63) is 0 Å². The molecule has 0 fully saturated rings. The fourth-order valence-electron chi connectivity index (χ4n) is 1.08. The molecule has 0 aromatic carbocycles. The van der Waals surface area contributed by atoms with E-state index in [4.69, 9.17) is 5.73 Å². The van der Waals surface area contributed by atoms with Crippen LogP contribution in [0.2, 0.25) is 0 Å². The first-order valence-electron chi connectivity index (χ1n) is 5.15. The number of amides is 1. The highest BCUT2D eigenvalue weighted by Crippen LogP contribution is 2.19. The molecule has 0 aromatic heterocycles. The number of carbonyl (C=O) groups excluding carboxylic acids is 1. The first-order chi connectivity index (χ1) is 6.10. The van der Waals surface area contributed by atoms with Gasteiger partial charge in [-0.15, -0.1) is 0 Å². The topological polar surface area (TPSA) is 46.3 Å². The van der Waals surface area contributed by atoms with E-state index in [2.05, 4.69) is 20.8 Å². The van der Waals surface area contributed by atoms with Crippen LogP contribution in [-0.4, -0.2) is 28.9 Å². The number of carbonyl (C=O) groups is 1. The van der Waals surface area contributed by atoms with E-state index in [1.807, 2.05) is 20.9 Å². The summed E-state index contributed by atoms with van der Waals surface area (Å²) in [4.78, 5) is 13.6. The van der Waals surface area contributed by atoms with Crippen molar-refractivity contribution in [2.45, 2.75) is 58.5 Å². The van der Waals surface area contributed by atoms with Crippen molar-refractivity contribution in [1.29, 1.82) is 0 Å². The van der Waals surface area contributed by atoms with Gasteiger partial charge in [0.15, 0.2) is 0 Å². The van der Waals surface area contributed by atoms with E-state index in [-0.39, 0.29) is 11.4 Å². The Hall–Kier alpha value is -0.570. The molecule has 0 aliphatic heterocycles. The Morgan fingerprint density at radius 2 is 1.71 bits per heavy atom. The molecule has 0 rings (SSSR count). The van der Waals surface area contributed by atoms with E-state index in [1.165, 1.54) is 0 Å². The third-order valence-electron chi connectivity index (χ3n) is 2.75. The molecule has 0 heterocycles. The lowest BCUT2D eigenvalue weighted by Gasteiger charge is -2.36. The molecule has 0 aliphatic rings. The predicted octanol–water partition coefficient (Wildman–Crippen LogP) is 1.76. The summed E-state index contributed by atoms with van der Waals surface area (Å²) in [6.45, 7) is 9.95. The Kier molecular flexibility index (Phi) is 4.13. The second kappa shape index (κ2) is 4.30. The highest BCUT2D eigenvalue weighted by molar-refractivity contribution is 5.77. The van der Waals surface area contributed by atoms with Crippen LogP contribution in [0.5, 0.6) is 0 Å². The highest BCUT2D eigenvalue weighted by atomic mass is 16.2. The summed E-state index contributed by atoms with van der Waals surface area (Å²) in [6, 6.07) is 0. The van der Waals surface area contributed by atoms with Gasteiger partial charge >= 0.3 is 0 Å². The number of hydrogen-bond donors (Lipinski definition) is 1. The second-order valence-corrected chi connectivity index (χ2v) is 5.28. The normalized spacial score (nSPS) is 12.8. The highest BCUT2D eigenvalue weighted by Gasteiger charge is 2.28. The molecule has 0 saturated heterocycles. The van der Waals surface area contributed by atoms with Crippen LogP contribution in [0.4, 0.5) is 0 Å². The van der Waals surface area contributed by atoms with Crippen LogP contribution >= 0.6 is 0 Å². The third kappa shape index (κ3) is 4.09. The largest absolute Gasteiger partial charge is 0.341 e. The van der Waals surface area contributed by atoms with Crippen LogP contribution < -0.4 is 5.73 Å². The van der Waals surface area contributed by atoms with Gasteiger partial charge in [-0.05, 0) is 34.1 Å². The Morgan fingerprint density at radius 3 is 2.00 bits per heavy atom. The lowest BCUT2D eigenvalue weighted by atomic mass is 9.96. The number of rotatable bonds is 4. The summed E-state index contributed by atoms with van der Waals surface area (Å²) in [5.41, 5.74) is 5.31. The molecule has 0 bridgehead atoms. The van der Waals surface area contributed by atoms with Crippen LogP contribution in [0.3, 0.4) is 0 Å². The van der Waals surface area contributed by atoms with Crippen LogP contribution in [0.1, 0.15) is 47.5 Å². The van der Waals surface area contributed by atoms with Gasteiger partial charge in [-0.1, -0.05) is 6.92 Å². The molecule has 3 nitrogen and oxygen atoms in total. The molecule has 0 aromatic rings. The molecule has 3 heteroatoms. The fraction of sp³-hybridized carbons (Fsp3) is 0.909. The van der Waals surface area contributed by atoms with Crippen molar-refractivity contribution >= 4 is 5.91 Å². The molecule has 0 radical (unpaired) electrons. The summed E-state index contributed by atoms with van der Waals surface area (Å²) in [5, 5.41) is 0. The Morgan fingerprint density at radius 1 is 1.29 bits per heavy atom. The number of nitrogens with two attached hydrogens (primary N) is 1. The maximum Gasteiger partial charge on any atom is 0.224 e. The van der Waals surface area contributed by atoms with Gasteiger partial charge < -0.3 is 10.6 Å². The molecule has 0 spiro atoms. The summed E-state index contributed by atoms with van der Waals surface area (Å²) in [6.07, 6.45) is 1.34. The van der Waals surface area contributed by atoms with Crippen molar-refractivity contribution < 1.29 is 4.79 Å². The van der Waals surface area contributed by atoms with E-state index >= 15 is 0 Å². The molecule has 0 saturated carbocycles. The van der Waals surface area contributed by atoms with E-state index in [0.717, 1.165) is 6.42 Å². The Labute approximate surface area is 87.6 Å². The lowest BCUT2D eigenvalue weighted by Crippen LogP contribution is -2.48. The molecule has 0 atom stereocenters. The van der Waals surface area contributed by atoms with Gasteiger partial charge in [-0.25, -0.2) is 0 Å². The van der Waals surface area contributed by atoms with Gasteiger partial charge in [0, 0.05) is 24.5 Å². The smallest absolute Gasteiger partial charge is 0.224 e. The van der Waals surface area contributed by atoms with E-state index in [9.17, 15) is 4.79 Å². The average molecular weight is 200 g/mol. The zero-order valence-corrected chi connectivity index (χ0v) is 10.3. The lowest BCUT2D eigenvalue weighted by molar-refractivity contribution is -0.135. The zero-order valence-electron chi connectivity index (χ0n) is 10.3. The van der Waals surface area contributed by atoms with Crippen LogP contribution in [0.25, 0.3) is 0 Å². The van der Waals surface area contributed by atoms with Crippen molar-refractivity contribution in [3.63, 3.8) is 0 Å². The molecule has 0 aliphatic carbocycles. The number of hydrogen-bond acceptors (Lipinski definition) is 2. The number of nitrogens with zero attached hydrogens (tertiary/aromatic N) is 1. The molecule has 14 heavy (non-hydrogen) atoms. The minimum Gasteiger partial charge on any atom is -0.341 e. The van der Waals surface area contributed by atoms with Gasteiger partial charge in [-0.2, -0.15) is 0 Å². The minimum absolute atomic E-state index is 0.0810. The molecule has 0 unspecified atom stereocenters. The monoisotopic (exact) mass is 200 g/mol. The van der Waals surface area contributed by atoms with Crippen molar-refractivity contribution in [3.8, 4) is 0 Å². The summed E-state index contributed by atoms with van der Waals surface area (Å²) in [5.74, 6) is 0.115. The third-order valence-corrected chi connectivity index (χ3v) is 2.75. The van der Waals surface area contributed by atoms with Crippen LogP contribution in [-0.2, 0) is 4.79 Å². The molecular weight excluding hydrogens is 176 g/mol. The second-order valence-electron chi connectivity index (χ2n) is 5.28. The van der Waals surface area contributed by atoms with Gasteiger partial charge in [0.1, 0.15) is 0 Å². The van der Waals surface area contributed by atoms with E-state index < -0.39 is 5.54 Å². The Bertz CT molecular complexity index is 204. The summed E-state index contributed by atoms with van der Waals surface area (Å²) >= 11 is 0. The predicted molar refractivity (Wildman–Crippen MR) is 60.0 cm³/mol. The van der Waals surface area contributed by atoms with Crippen LogP contribution in [0, 0.1) is 0 Å². The van der Waals surface area contributed by atoms with Crippen LogP contribution in [0.15, 0.2) is 0 Å². The molecule has 2 N–H and O–H groups in total. The first-order valence-corrected chi connectivity index (χ1v) is 5.15. The van der Waals surface area contributed by atoms with Gasteiger partial charge in [-0.3, -0.25) is 4.79 Å². The minimum atomic E-state index is -0.421. The molecule has 84 valence electrons. The molecule has 1 amide bonds. The van der Waals surface area contributed by atoms with Gasteiger partial charge in [0.25, 0.3) is 0 Å². The SMILES string of the molecule is CCC(C)(C)N(C)C(=O)CC(C)(C)N. The summed E-state index contributed by atoms with van der Waals surface area (Å²) < 4.78 is 0. The fourth-order valence-corrected chi connectivity index (χ4v) is 1.08. The van der Waals surface area contributed by atoms with E-state index in [0.29, 0.717) is 6.42 Å². The maximum atomic E-state index is 11.8. The first kappa shape index (κ1) is 13.4. The average Bonchev–Trinajstić information content (AvgIpc) is 2.00. The maximum absolute atomic E-state index is 11.8. The van der Waals surface area contributed by atoms with E-state index in [1.54, 1.807) is 4.90 Å². The molecular formula is C11H24N2O. The quantitative estimate of drug-likeness (QED) is 0.751. The van der Waals surface area contributed by atoms with Gasteiger partial charge in [0.05, 0.1) is 0 Å². The van der Waals surface area contributed by atoms with Gasteiger partial charge in [0.2, 0.25) is 5.91 Å². The standard InChI is InChI=1S/C11H24N2O/c1-7-11(4,5)13(6)9(14)8-10(2,3)12/h7-8,12H2,1-6H3.